The number of rotatable bonds is 3. The monoisotopic (exact) mass is 259 g/mol. The average molecular weight is 259 g/mol. The van der Waals surface area contributed by atoms with Gasteiger partial charge in [-0.05, 0) is 35.7 Å². The van der Waals surface area contributed by atoms with Gasteiger partial charge in [0.15, 0.2) is 0 Å². The first-order valence-corrected chi connectivity index (χ1v) is 6.40. The van der Waals surface area contributed by atoms with Gasteiger partial charge < -0.3 is 5.32 Å². The zero-order chi connectivity index (χ0) is 13.3. The minimum atomic E-state index is -0.239. The molecule has 1 N–H and O–H groups in total. The summed E-state index contributed by atoms with van der Waals surface area (Å²) in [6, 6.07) is 13.4. The van der Waals surface area contributed by atoms with Crippen LogP contribution < -0.4 is 5.32 Å². The second-order valence-corrected chi connectivity index (χ2v) is 5.16. The maximum atomic E-state index is 13.8. The van der Waals surface area contributed by atoms with Crippen LogP contribution in [0.3, 0.4) is 0 Å². The van der Waals surface area contributed by atoms with Crippen molar-refractivity contribution < 1.29 is 8.78 Å². The molecule has 1 aliphatic heterocycles. The molecule has 2 aromatic carbocycles. The minimum Gasteiger partial charge on any atom is -0.315 e. The van der Waals surface area contributed by atoms with Gasteiger partial charge in [-0.3, -0.25) is 0 Å². The fraction of sp³-hybridized carbons (Fsp3) is 0.250. The molecule has 0 radical (unpaired) electrons. The second-order valence-electron chi connectivity index (χ2n) is 5.16. The predicted molar refractivity (Wildman–Crippen MR) is 71.1 cm³/mol. The van der Waals surface area contributed by atoms with E-state index >= 15 is 0 Å². The molecule has 3 rings (SSSR count). The molecule has 0 amide bonds. The topological polar surface area (TPSA) is 12.0 Å². The van der Waals surface area contributed by atoms with Gasteiger partial charge in [0.2, 0.25) is 0 Å². The van der Waals surface area contributed by atoms with E-state index in [0.29, 0.717) is 12.0 Å². The molecule has 0 unspecified atom stereocenters. The summed E-state index contributed by atoms with van der Waals surface area (Å²) in [5, 5.41) is 3.21. The van der Waals surface area contributed by atoms with Crippen LogP contribution in [0, 0.1) is 11.6 Å². The van der Waals surface area contributed by atoms with Crippen LogP contribution in [-0.4, -0.2) is 13.1 Å². The molecule has 0 aromatic heterocycles. The second kappa shape index (κ2) is 4.74. The number of hydrogen-bond acceptors (Lipinski definition) is 1. The Morgan fingerprint density at radius 3 is 2.42 bits per heavy atom. The highest BCUT2D eigenvalue weighted by atomic mass is 19.1. The highest BCUT2D eigenvalue weighted by Gasteiger charge is 2.39. The van der Waals surface area contributed by atoms with Crippen LogP contribution in [0.15, 0.2) is 48.5 Å². The van der Waals surface area contributed by atoms with E-state index < -0.39 is 0 Å². The Morgan fingerprint density at radius 2 is 1.79 bits per heavy atom. The Hall–Kier alpha value is -1.74. The Labute approximate surface area is 111 Å². The van der Waals surface area contributed by atoms with Crippen LogP contribution in [0.1, 0.15) is 11.1 Å². The molecule has 0 atom stereocenters. The van der Waals surface area contributed by atoms with Crippen LogP contribution >= 0.6 is 0 Å². The lowest BCUT2D eigenvalue weighted by atomic mass is 9.71. The van der Waals surface area contributed by atoms with Crippen molar-refractivity contribution in [1.29, 1.82) is 0 Å². The number of nitrogens with one attached hydrogen (secondary N) is 1. The lowest BCUT2D eigenvalue weighted by Gasteiger charge is -2.43. The minimum absolute atomic E-state index is 0.190. The number of hydrogen-bond donors (Lipinski definition) is 1. The normalized spacial score (nSPS) is 16.9. The largest absolute Gasteiger partial charge is 0.315 e. The van der Waals surface area contributed by atoms with E-state index in [1.807, 2.05) is 12.1 Å². The van der Waals surface area contributed by atoms with Crippen LogP contribution in [0.2, 0.25) is 0 Å². The van der Waals surface area contributed by atoms with E-state index in [-0.39, 0.29) is 17.0 Å². The summed E-state index contributed by atoms with van der Waals surface area (Å²) < 4.78 is 27.2. The van der Waals surface area contributed by atoms with Gasteiger partial charge in [0, 0.05) is 18.5 Å². The van der Waals surface area contributed by atoms with Crippen molar-refractivity contribution >= 4 is 0 Å². The van der Waals surface area contributed by atoms with Gasteiger partial charge in [-0.1, -0.05) is 30.3 Å². The third-order valence-corrected chi connectivity index (χ3v) is 3.85. The molecule has 1 aliphatic rings. The summed E-state index contributed by atoms with van der Waals surface area (Å²) in [5.41, 5.74) is 1.44. The Morgan fingerprint density at radius 1 is 1.00 bits per heavy atom. The molecule has 0 spiro atoms. The summed E-state index contributed by atoms with van der Waals surface area (Å²) in [5.74, 6) is -0.428. The maximum Gasteiger partial charge on any atom is 0.126 e. The van der Waals surface area contributed by atoms with Crippen molar-refractivity contribution in [3.05, 3.63) is 71.3 Å². The van der Waals surface area contributed by atoms with Gasteiger partial charge in [-0.25, -0.2) is 8.78 Å². The zero-order valence-corrected chi connectivity index (χ0v) is 10.5. The third kappa shape index (κ3) is 2.26. The van der Waals surface area contributed by atoms with E-state index in [1.54, 1.807) is 24.3 Å². The number of benzene rings is 2. The van der Waals surface area contributed by atoms with E-state index in [4.69, 9.17) is 0 Å². The Kier molecular flexibility index (Phi) is 3.07. The molecule has 1 nitrogen and oxygen atoms in total. The first-order chi connectivity index (χ1) is 9.20. The van der Waals surface area contributed by atoms with Crippen molar-refractivity contribution in [1.82, 2.24) is 5.32 Å². The summed E-state index contributed by atoms with van der Waals surface area (Å²) in [6.45, 7) is 1.51. The first-order valence-electron chi connectivity index (χ1n) is 6.40. The fourth-order valence-corrected chi connectivity index (χ4v) is 2.68. The SMILES string of the molecule is Fc1cccc(C2(Cc3ccccc3F)CNC2)c1. The van der Waals surface area contributed by atoms with Crippen molar-refractivity contribution in [2.45, 2.75) is 11.8 Å². The molecular formula is C16H15F2N. The summed E-state index contributed by atoms with van der Waals surface area (Å²) in [4.78, 5) is 0. The van der Waals surface area contributed by atoms with Gasteiger partial charge >= 0.3 is 0 Å². The molecular weight excluding hydrogens is 244 g/mol. The quantitative estimate of drug-likeness (QED) is 0.893. The molecule has 2 aromatic rings. The van der Waals surface area contributed by atoms with Crippen LogP contribution in [-0.2, 0) is 11.8 Å². The first kappa shape index (κ1) is 12.3. The van der Waals surface area contributed by atoms with E-state index in [0.717, 1.165) is 18.7 Å². The smallest absolute Gasteiger partial charge is 0.126 e. The fourth-order valence-electron chi connectivity index (χ4n) is 2.68. The van der Waals surface area contributed by atoms with Gasteiger partial charge in [-0.2, -0.15) is 0 Å². The predicted octanol–water partition coefficient (Wildman–Crippen LogP) is 3.05. The van der Waals surface area contributed by atoms with Crippen molar-refractivity contribution in [2.75, 3.05) is 13.1 Å². The van der Waals surface area contributed by atoms with Crippen LogP contribution in [0.25, 0.3) is 0 Å². The van der Waals surface area contributed by atoms with E-state index in [2.05, 4.69) is 5.32 Å². The molecule has 1 fully saturated rings. The Balaban J connectivity index is 1.94. The summed E-state index contributed by atoms with van der Waals surface area (Å²) >= 11 is 0. The molecule has 0 aliphatic carbocycles. The van der Waals surface area contributed by atoms with E-state index in [9.17, 15) is 8.78 Å². The van der Waals surface area contributed by atoms with Crippen molar-refractivity contribution in [2.24, 2.45) is 0 Å². The van der Waals surface area contributed by atoms with Crippen molar-refractivity contribution in [3.8, 4) is 0 Å². The average Bonchev–Trinajstić information content (AvgIpc) is 2.36. The highest BCUT2D eigenvalue weighted by molar-refractivity contribution is 5.34. The lowest BCUT2D eigenvalue weighted by molar-refractivity contribution is 0.271. The van der Waals surface area contributed by atoms with Gasteiger partial charge in [0.1, 0.15) is 11.6 Å². The zero-order valence-electron chi connectivity index (χ0n) is 10.5. The van der Waals surface area contributed by atoms with Gasteiger partial charge in [-0.15, -0.1) is 0 Å². The molecule has 19 heavy (non-hydrogen) atoms. The van der Waals surface area contributed by atoms with Gasteiger partial charge in [0.25, 0.3) is 0 Å². The lowest BCUT2D eigenvalue weighted by Crippen LogP contribution is -2.58. The molecule has 3 heteroatoms. The van der Waals surface area contributed by atoms with Crippen LogP contribution in [0.4, 0.5) is 8.78 Å². The number of halogens is 2. The molecule has 0 saturated carbocycles. The molecule has 98 valence electrons. The highest BCUT2D eigenvalue weighted by Crippen LogP contribution is 2.33. The standard InChI is InChI=1S/C16H15F2N/c17-14-6-3-5-13(8-14)16(10-19-11-16)9-12-4-1-2-7-15(12)18/h1-8,19H,9-11H2. The summed E-state index contributed by atoms with van der Waals surface area (Å²) in [7, 11) is 0. The van der Waals surface area contributed by atoms with Crippen LogP contribution in [0.5, 0.6) is 0 Å². The Bertz CT molecular complexity index is 591. The third-order valence-electron chi connectivity index (χ3n) is 3.85. The van der Waals surface area contributed by atoms with Crippen molar-refractivity contribution in [3.63, 3.8) is 0 Å². The summed E-state index contributed by atoms with van der Waals surface area (Å²) in [6.07, 6.45) is 0.593. The molecule has 1 saturated heterocycles. The maximum absolute atomic E-state index is 13.8. The molecule has 0 bridgehead atoms. The molecule has 1 heterocycles. The van der Waals surface area contributed by atoms with Gasteiger partial charge in [0.05, 0.1) is 0 Å². The van der Waals surface area contributed by atoms with E-state index in [1.165, 1.54) is 12.1 Å².